The lowest BCUT2D eigenvalue weighted by molar-refractivity contribution is 0.148. The predicted octanol–water partition coefficient (Wildman–Crippen LogP) is 3.06. The van der Waals surface area contributed by atoms with Crippen molar-refractivity contribution in [3.05, 3.63) is 71.8 Å². The van der Waals surface area contributed by atoms with E-state index in [9.17, 15) is 0 Å². The molecule has 3 rings (SSSR count). The second-order valence-corrected chi connectivity index (χ2v) is 7.20. The highest BCUT2D eigenvalue weighted by molar-refractivity contribution is 6.29. The normalized spacial score (nSPS) is 18.8. The fourth-order valence-corrected chi connectivity index (χ4v) is 4.20. The Morgan fingerprint density at radius 1 is 1.00 bits per heavy atom. The van der Waals surface area contributed by atoms with Gasteiger partial charge in [0.15, 0.2) is 9.76 Å². The maximum Gasteiger partial charge on any atom is 0.190 e. The summed E-state index contributed by atoms with van der Waals surface area (Å²) in [4.78, 5) is 0. The van der Waals surface area contributed by atoms with Crippen LogP contribution in [0.2, 0.25) is 0 Å². The second kappa shape index (κ2) is 7.55. The molecule has 0 radical (unpaired) electrons. The van der Waals surface area contributed by atoms with E-state index in [1.165, 1.54) is 24.0 Å². The summed E-state index contributed by atoms with van der Waals surface area (Å²) in [6.45, 7) is 1.68. The minimum Gasteiger partial charge on any atom is -0.420 e. The molecule has 2 nitrogen and oxygen atoms in total. The monoisotopic (exact) mass is 298 g/mol. The molecule has 1 aliphatic rings. The molecular formula is C18H22O2Si. The first kappa shape index (κ1) is 14.5. The summed E-state index contributed by atoms with van der Waals surface area (Å²) in [7, 11) is -0.587. The molecule has 0 amide bonds. The zero-order valence-corrected chi connectivity index (χ0v) is 13.7. The molecule has 0 bridgehead atoms. The Balaban J connectivity index is 1.67. The van der Waals surface area contributed by atoms with Crippen LogP contribution in [0.3, 0.4) is 0 Å². The molecule has 21 heavy (non-hydrogen) atoms. The van der Waals surface area contributed by atoms with Crippen LogP contribution < -0.4 is 0 Å². The maximum absolute atomic E-state index is 6.10. The number of rotatable bonds is 6. The lowest BCUT2D eigenvalue weighted by Gasteiger charge is -2.19. The van der Waals surface area contributed by atoms with E-state index in [1.54, 1.807) is 0 Å². The van der Waals surface area contributed by atoms with Crippen molar-refractivity contribution in [3.63, 3.8) is 0 Å². The molecule has 1 saturated heterocycles. The van der Waals surface area contributed by atoms with E-state index in [2.05, 4.69) is 60.7 Å². The van der Waals surface area contributed by atoms with Crippen molar-refractivity contribution in [1.29, 1.82) is 0 Å². The summed E-state index contributed by atoms with van der Waals surface area (Å²) < 4.78 is 11.8. The molecule has 1 fully saturated rings. The average molecular weight is 298 g/mol. The van der Waals surface area contributed by atoms with Crippen LogP contribution in [0, 0.1) is 0 Å². The number of ether oxygens (including phenoxy) is 1. The third-order valence-electron chi connectivity index (χ3n) is 4.02. The molecule has 0 saturated carbocycles. The van der Waals surface area contributed by atoms with Gasteiger partial charge in [-0.1, -0.05) is 60.7 Å². The molecule has 1 aliphatic heterocycles. The van der Waals surface area contributed by atoms with Crippen molar-refractivity contribution in [2.75, 3.05) is 13.2 Å². The number of hydrogen-bond donors (Lipinski definition) is 0. The van der Waals surface area contributed by atoms with E-state index in [-0.39, 0.29) is 0 Å². The zero-order chi connectivity index (χ0) is 14.3. The van der Waals surface area contributed by atoms with E-state index in [0.717, 1.165) is 13.2 Å². The first-order chi connectivity index (χ1) is 10.4. The Morgan fingerprint density at radius 2 is 1.62 bits per heavy atom. The van der Waals surface area contributed by atoms with E-state index in [0.29, 0.717) is 11.6 Å². The average Bonchev–Trinajstić information content (AvgIpc) is 3.07. The molecule has 0 spiro atoms. The second-order valence-electron chi connectivity index (χ2n) is 5.55. The molecular weight excluding hydrogens is 276 g/mol. The first-order valence-electron chi connectivity index (χ1n) is 7.73. The van der Waals surface area contributed by atoms with Crippen LogP contribution in [0.1, 0.15) is 29.9 Å². The molecule has 1 unspecified atom stereocenters. The van der Waals surface area contributed by atoms with Gasteiger partial charge >= 0.3 is 0 Å². The highest BCUT2D eigenvalue weighted by Crippen LogP contribution is 2.25. The van der Waals surface area contributed by atoms with Gasteiger partial charge in [-0.2, -0.15) is 0 Å². The smallest absolute Gasteiger partial charge is 0.190 e. The minimum atomic E-state index is -0.587. The van der Waals surface area contributed by atoms with E-state index < -0.39 is 9.76 Å². The van der Waals surface area contributed by atoms with E-state index in [4.69, 9.17) is 9.16 Å². The molecule has 0 aromatic heterocycles. The standard InChI is InChI=1S/C18H22O2Si/c1-3-8-15(9-4-1)17(16-10-5-2-6-11-16)14-20-21-18-12-7-13-19-18/h1-6,8-11,17-18H,7,12-14,21H2. The van der Waals surface area contributed by atoms with Crippen molar-refractivity contribution in [1.82, 2.24) is 0 Å². The Bertz CT molecular complexity index is 484. The molecule has 2 aromatic carbocycles. The number of hydrogen-bond acceptors (Lipinski definition) is 2. The maximum atomic E-state index is 6.10. The molecule has 0 aliphatic carbocycles. The van der Waals surface area contributed by atoms with Crippen LogP contribution in [-0.2, 0) is 9.16 Å². The van der Waals surface area contributed by atoms with E-state index in [1.807, 2.05) is 0 Å². The van der Waals surface area contributed by atoms with Gasteiger partial charge in [-0.05, 0) is 24.0 Å². The minimum absolute atomic E-state index is 0.321. The lowest BCUT2D eigenvalue weighted by atomic mass is 9.92. The summed E-state index contributed by atoms with van der Waals surface area (Å²) in [6.07, 6.45) is 2.38. The lowest BCUT2D eigenvalue weighted by Crippen LogP contribution is -2.21. The fraction of sp³-hybridized carbons (Fsp3) is 0.333. The third kappa shape index (κ3) is 4.03. The van der Waals surface area contributed by atoms with Gasteiger partial charge in [0.05, 0.1) is 5.73 Å². The molecule has 1 heterocycles. The zero-order valence-electron chi connectivity index (χ0n) is 12.3. The Labute approximate surface area is 129 Å². The molecule has 3 heteroatoms. The molecule has 110 valence electrons. The van der Waals surface area contributed by atoms with Crippen molar-refractivity contribution < 1.29 is 9.16 Å². The highest BCUT2D eigenvalue weighted by Gasteiger charge is 2.19. The molecule has 2 aromatic rings. The van der Waals surface area contributed by atoms with Crippen molar-refractivity contribution >= 4 is 9.76 Å². The van der Waals surface area contributed by atoms with Crippen molar-refractivity contribution in [2.24, 2.45) is 0 Å². The summed E-state index contributed by atoms with van der Waals surface area (Å²) >= 11 is 0. The third-order valence-corrected chi connectivity index (χ3v) is 5.50. The van der Waals surface area contributed by atoms with E-state index >= 15 is 0 Å². The molecule has 1 atom stereocenters. The van der Waals surface area contributed by atoms with Crippen molar-refractivity contribution in [2.45, 2.75) is 24.5 Å². The van der Waals surface area contributed by atoms with Crippen LogP contribution in [0.15, 0.2) is 60.7 Å². The van der Waals surface area contributed by atoms with Gasteiger partial charge in [-0.25, -0.2) is 0 Å². The Kier molecular flexibility index (Phi) is 5.22. The topological polar surface area (TPSA) is 18.5 Å². The van der Waals surface area contributed by atoms with Gasteiger partial charge in [0.25, 0.3) is 0 Å². The summed E-state index contributed by atoms with van der Waals surface area (Å²) in [5, 5.41) is 0. The van der Waals surface area contributed by atoms with Crippen LogP contribution in [0.5, 0.6) is 0 Å². The quantitative estimate of drug-likeness (QED) is 0.763. The summed E-state index contributed by atoms with van der Waals surface area (Å²) in [6, 6.07) is 21.3. The molecule has 0 N–H and O–H groups in total. The van der Waals surface area contributed by atoms with Gasteiger partial charge in [0.1, 0.15) is 0 Å². The van der Waals surface area contributed by atoms with Crippen LogP contribution in [0.4, 0.5) is 0 Å². The van der Waals surface area contributed by atoms with Crippen molar-refractivity contribution in [3.8, 4) is 0 Å². The van der Waals surface area contributed by atoms with Gasteiger partial charge in [-0.15, -0.1) is 0 Å². The Morgan fingerprint density at radius 3 is 2.14 bits per heavy atom. The van der Waals surface area contributed by atoms with Crippen LogP contribution in [-0.4, -0.2) is 28.7 Å². The van der Waals surface area contributed by atoms with Gasteiger partial charge in [-0.3, -0.25) is 0 Å². The number of benzene rings is 2. The largest absolute Gasteiger partial charge is 0.420 e. The van der Waals surface area contributed by atoms with Gasteiger partial charge < -0.3 is 9.16 Å². The first-order valence-corrected chi connectivity index (χ1v) is 9.12. The SMILES string of the molecule is c1ccc(C(CO[SiH2]C2CCCO2)c2ccccc2)cc1. The fourth-order valence-electron chi connectivity index (χ4n) is 2.85. The Hall–Kier alpha value is -1.42. The summed E-state index contributed by atoms with van der Waals surface area (Å²) in [5.41, 5.74) is 3.08. The predicted molar refractivity (Wildman–Crippen MR) is 88.2 cm³/mol. The highest BCUT2D eigenvalue weighted by atomic mass is 28.2. The van der Waals surface area contributed by atoms with Gasteiger partial charge in [0, 0.05) is 19.1 Å². The summed E-state index contributed by atoms with van der Waals surface area (Å²) in [5.74, 6) is 0.321. The van der Waals surface area contributed by atoms with Gasteiger partial charge in [0.2, 0.25) is 0 Å². The van der Waals surface area contributed by atoms with Crippen LogP contribution >= 0.6 is 0 Å². The van der Waals surface area contributed by atoms with Crippen LogP contribution in [0.25, 0.3) is 0 Å².